The van der Waals surface area contributed by atoms with Crippen LogP contribution < -0.4 is 0 Å². The molecule has 1 N–H and O–H groups in total. The average Bonchev–Trinajstić information content (AvgIpc) is 3.15. The Hall–Kier alpha value is -1.44. The molecule has 0 bridgehead atoms. The van der Waals surface area contributed by atoms with Gasteiger partial charge in [0.25, 0.3) is 0 Å². The van der Waals surface area contributed by atoms with Crippen molar-refractivity contribution in [1.82, 2.24) is 9.80 Å². The molecule has 2 fully saturated rings. The highest BCUT2D eigenvalue weighted by Gasteiger charge is 2.45. The van der Waals surface area contributed by atoms with E-state index in [1.807, 2.05) is 18.0 Å². The molecule has 1 unspecified atom stereocenters. The van der Waals surface area contributed by atoms with Gasteiger partial charge in [-0.1, -0.05) is 0 Å². The first-order valence-electron chi connectivity index (χ1n) is 8.50. The van der Waals surface area contributed by atoms with Crippen LogP contribution in [0.3, 0.4) is 0 Å². The first-order chi connectivity index (χ1) is 11.5. The van der Waals surface area contributed by atoms with Crippen LogP contribution in [0.25, 0.3) is 0 Å². The number of nitrogens with zero attached hydrogens (tertiary/aromatic N) is 2. The summed E-state index contributed by atoms with van der Waals surface area (Å²) in [5, 5.41) is 9.28. The van der Waals surface area contributed by atoms with Gasteiger partial charge < -0.3 is 14.7 Å². The van der Waals surface area contributed by atoms with Crippen molar-refractivity contribution in [2.24, 2.45) is 0 Å². The maximum atomic E-state index is 12.2. The molecule has 0 radical (unpaired) electrons. The predicted molar refractivity (Wildman–Crippen MR) is 89.5 cm³/mol. The van der Waals surface area contributed by atoms with Gasteiger partial charge in [-0.2, -0.15) is 0 Å². The molecular formula is C17H22N2O4S. The van der Waals surface area contributed by atoms with E-state index in [-0.39, 0.29) is 17.6 Å². The Bertz CT molecular complexity index is 678. The first kappa shape index (κ1) is 16.1. The fourth-order valence-electron chi connectivity index (χ4n) is 4.24. The van der Waals surface area contributed by atoms with Crippen molar-refractivity contribution in [3.63, 3.8) is 0 Å². The number of carboxylic acid groups (broad SMARTS) is 1. The Balaban J connectivity index is 1.53. The van der Waals surface area contributed by atoms with E-state index in [1.54, 1.807) is 0 Å². The van der Waals surface area contributed by atoms with Gasteiger partial charge in [0.15, 0.2) is 0 Å². The Morgan fingerprint density at radius 1 is 1.38 bits per heavy atom. The molecule has 0 saturated carbocycles. The van der Waals surface area contributed by atoms with Gasteiger partial charge in [-0.15, -0.1) is 11.3 Å². The van der Waals surface area contributed by atoms with Gasteiger partial charge in [-0.25, -0.2) is 4.79 Å². The molecule has 1 atom stereocenters. The third kappa shape index (κ3) is 2.46. The number of likely N-dealkylation sites (tertiary alicyclic amines) is 2. The van der Waals surface area contributed by atoms with E-state index >= 15 is 0 Å². The largest absolute Gasteiger partial charge is 0.477 e. The van der Waals surface area contributed by atoms with E-state index in [9.17, 15) is 14.7 Å². The van der Waals surface area contributed by atoms with E-state index in [1.165, 1.54) is 11.3 Å². The van der Waals surface area contributed by atoms with Crippen LogP contribution in [-0.2, 0) is 21.6 Å². The summed E-state index contributed by atoms with van der Waals surface area (Å²) in [5.41, 5.74) is 0.782. The molecule has 24 heavy (non-hydrogen) atoms. The minimum Gasteiger partial charge on any atom is -0.477 e. The second-order valence-corrected chi connectivity index (χ2v) is 8.02. The van der Waals surface area contributed by atoms with Gasteiger partial charge in [-0.3, -0.25) is 9.69 Å². The van der Waals surface area contributed by atoms with Crippen LogP contribution in [0.2, 0.25) is 0 Å². The number of aromatic carboxylic acids is 1. The minimum absolute atomic E-state index is 0.00771. The highest BCUT2D eigenvalue weighted by molar-refractivity contribution is 7.14. The molecule has 4 rings (SSSR count). The van der Waals surface area contributed by atoms with Gasteiger partial charge >= 0.3 is 5.97 Å². The van der Waals surface area contributed by atoms with Crippen molar-refractivity contribution >= 4 is 23.2 Å². The number of carboxylic acids is 1. The summed E-state index contributed by atoms with van der Waals surface area (Å²) in [4.78, 5) is 29.1. The maximum Gasteiger partial charge on any atom is 0.345 e. The third-order valence-corrected chi connectivity index (χ3v) is 6.98. The van der Waals surface area contributed by atoms with E-state index < -0.39 is 5.97 Å². The number of amides is 1. The standard InChI is InChI=1S/C17H22N2O4S/c1-18-6-2-12(15(18)20)19-7-4-17(5-8-19)14-11(3-9-23-17)10-13(24-14)16(21)22/h10,12H,2-9H2,1H3,(H,21,22). The van der Waals surface area contributed by atoms with E-state index in [4.69, 9.17) is 4.74 Å². The highest BCUT2D eigenvalue weighted by Crippen LogP contribution is 2.46. The minimum atomic E-state index is -0.860. The Morgan fingerprint density at radius 2 is 2.12 bits per heavy atom. The molecule has 1 amide bonds. The van der Waals surface area contributed by atoms with Crippen LogP contribution in [0.15, 0.2) is 6.07 Å². The van der Waals surface area contributed by atoms with E-state index in [2.05, 4.69) is 4.90 Å². The number of hydrogen-bond donors (Lipinski definition) is 1. The summed E-state index contributed by atoms with van der Waals surface area (Å²) >= 11 is 1.36. The molecule has 4 heterocycles. The summed E-state index contributed by atoms with van der Waals surface area (Å²) in [6.45, 7) is 3.13. The number of carbonyl (C=O) groups is 2. The molecule has 6 nitrogen and oxygen atoms in total. The molecule has 0 aliphatic carbocycles. The molecule has 0 aromatic carbocycles. The monoisotopic (exact) mass is 350 g/mol. The number of thiophene rings is 1. The summed E-state index contributed by atoms with van der Waals surface area (Å²) in [6, 6.07) is 1.82. The molecule has 3 aliphatic heterocycles. The molecule has 1 aromatic rings. The van der Waals surface area contributed by atoms with Crippen molar-refractivity contribution in [1.29, 1.82) is 0 Å². The van der Waals surface area contributed by atoms with Crippen LogP contribution in [0, 0.1) is 0 Å². The summed E-state index contributed by atoms with van der Waals surface area (Å²) in [7, 11) is 1.86. The number of likely N-dealkylation sites (N-methyl/N-ethyl adjacent to an activating group) is 1. The highest BCUT2D eigenvalue weighted by atomic mass is 32.1. The van der Waals surface area contributed by atoms with Gasteiger partial charge in [0.2, 0.25) is 5.91 Å². The van der Waals surface area contributed by atoms with Gasteiger partial charge in [-0.05, 0) is 37.3 Å². The van der Waals surface area contributed by atoms with Crippen molar-refractivity contribution in [3.05, 3.63) is 21.4 Å². The predicted octanol–water partition coefficient (Wildman–Crippen LogP) is 1.54. The van der Waals surface area contributed by atoms with E-state index in [0.717, 1.165) is 55.8 Å². The third-order valence-electron chi connectivity index (χ3n) is 5.63. The summed E-state index contributed by atoms with van der Waals surface area (Å²) < 4.78 is 6.18. The molecule has 1 spiro atoms. The smallest absolute Gasteiger partial charge is 0.345 e. The van der Waals surface area contributed by atoms with Crippen molar-refractivity contribution < 1.29 is 19.4 Å². The summed E-state index contributed by atoms with van der Waals surface area (Å²) in [5.74, 6) is -0.637. The second-order valence-electron chi connectivity index (χ2n) is 6.96. The topological polar surface area (TPSA) is 70.1 Å². The fraction of sp³-hybridized carbons (Fsp3) is 0.647. The zero-order chi connectivity index (χ0) is 16.9. The molecule has 3 aliphatic rings. The maximum absolute atomic E-state index is 12.2. The lowest BCUT2D eigenvalue weighted by atomic mass is 9.84. The number of hydrogen-bond acceptors (Lipinski definition) is 5. The zero-order valence-corrected chi connectivity index (χ0v) is 14.6. The molecule has 1 aromatic heterocycles. The van der Waals surface area contributed by atoms with Gasteiger partial charge in [0, 0.05) is 31.6 Å². The van der Waals surface area contributed by atoms with Crippen molar-refractivity contribution in [3.8, 4) is 0 Å². The first-order valence-corrected chi connectivity index (χ1v) is 9.31. The van der Waals surface area contributed by atoms with Crippen LogP contribution in [-0.4, -0.2) is 66.1 Å². The molecule has 130 valence electrons. The lowest BCUT2D eigenvalue weighted by Gasteiger charge is -2.44. The molecule has 7 heteroatoms. The Labute approximate surface area is 145 Å². The number of piperidine rings is 1. The normalized spacial score (nSPS) is 26.8. The number of rotatable bonds is 2. The fourth-order valence-corrected chi connectivity index (χ4v) is 5.49. The quantitative estimate of drug-likeness (QED) is 0.876. The van der Waals surface area contributed by atoms with Crippen molar-refractivity contribution in [2.45, 2.75) is 37.3 Å². The van der Waals surface area contributed by atoms with E-state index in [0.29, 0.717) is 11.5 Å². The number of ether oxygens (including phenoxy) is 1. The summed E-state index contributed by atoms with van der Waals surface area (Å²) in [6.07, 6.45) is 3.34. The average molecular weight is 350 g/mol. The van der Waals surface area contributed by atoms with Crippen LogP contribution >= 0.6 is 11.3 Å². The number of carbonyl (C=O) groups excluding carboxylic acids is 1. The lowest BCUT2D eigenvalue weighted by molar-refractivity contribution is -0.135. The number of fused-ring (bicyclic) bond motifs is 2. The van der Waals surface area contributed by atoms with Crippen LogP contribution in [0.5, 0.6) is 0 Å². The lowest BCUT2D eigenvalue weighted by Crippen LogP contribution is -2.51. The second kappa shape index (κ2) is 5.82. The van der Waals surface area contributed by atoms with Gasteiger partial charge in [0.1, 0.15) is 10.5 Å². The Kier molecular flexibility index (Phi) is 3.89. The SMILES string of the molecule is CN1CCC(N2CCC3(CC2)OCCc2cc(C(=O)O)sc23)C1=O. The van der Waals surface area contributed by atoms with Crippen LogP contribution in [0.1, 0.15) is 39.4 Å². The Morgan fingerprint density at radius 3 is 2.75 bits per heavy atom. The zero-order valence-electron chi connectivity index (χ0n) is 13.8. The molecular weight excluding hydrogens is 328 g/mol. The van der Waals surface area contributed by atoms with Crippen LogP contribution in [0.4, 0.5) is 0 Å². The van der Waals surface area contributed by atoms with Crippen molar-refractivity contribution in [2.75, 3.05) is 33.3 Å². The molecule has 2 saturated heterocycles. The van der Waals surface area contributed by atoms with Gasteiger partial charge in [0.05, 0.1) is 12.6 Å².